The van der Waals surface area contributed by atoms with E-state index in [1.54, 1.807) is 11.0 Å². The largest absolute Gasteiger partial charge is 0.328 e. The predicted molar refractivity (Wildman–Crippen MR) is 111 cm³/mol. The number of nitrogens with one attached hydrogen (secondary N) is 1. The zero-order chi connectivity index (χ0) is 19.2. The van der Waals surface area contributed by atoms with Gasteiger partial charge in [0.2, 0.25) is 5.91 Å². The Hall–Kier alpha value is -2.56. The summed E-state index contributed by atoms with van der Waals surface area (Å²) in [5, 5.41) is 13.0. The van der Waals surface area contributed by atoms with Crippen LogP contribution in [0.3, 0.4) is 0 Å². The summed E-state index contributed by atoms with van der Waals surface area (Å²) in [4.78, 5) is 27.2. The highest BCUT2D eigenvalue weighted by atomic mass is 32.2. The number of anilines is 1. The van der Waals surface area contributed by atoms with Gasteiger partial charge in [0.1, 0.15) is 11.1 Å². The molecule has 1 aromatic heterocycles. The van der Waals surface area contributed by atoms with Gasteiger partial charge in [0.25, 0.3) is 5.24 Å². The number of nitriles is 1. The summed E-state index contributed by atoms with van der Waals surface area (Å²) in [6, 6.07) is 11.8. The standard InChI is InChI=1S/C20H19N3O2S2/c1-2-26-20(25)23-11-10-15-16(12-21)19(27-17(15)13-23)22-18(24)9-8-14-6-4-3-5-7-14/h3-9H,2,10-11,13H2,1H3,(H,22,24). The second-order valence-corrected chi connectivity index (χ2v) is 8.24. The highest BCUT2D eigenvalue weighted by molar-refractivity contribution is 8.13. The fourth-order valence-electron chi connectivity index (χ4n) is 2.87. The third-order valence-corrected chi connectivity index (χ3v) is 6.08. The molecular weight excluding hydrogens is 378 g/mol. The van der Waals surface area contributed by atoms with E-state index in [-0.39, 0.29) is 11.1 Å². The van der Waals surface area contributed by atoms with E-state index in [9.17, 15) is 14.9 Å². The molecule has 1 aliphatic rings. The Labute approximate surface area is 166 Å². The summed E-state index contributed by atoms with van der Waals surface area (Å²) in [7, 11) is 0. The molecule has 2 aromatic rings. The van der Waals surface area contributed by atoms with Crippen molar-refractivity contribution in [2.45, 2.75) is 19.9 Å². The van der Waals surface area contributed by atoms with Gasteiger partial charge in [0.05, 0.1) is 12.1 Å². The monoisotopic (exact) mass is 397 g/mol. The van der Waals surface area contributed by atoms with Crippen LogP contribution in [0, 0.1) is 11.3 Å². The smallest absolute Gasteiger partial charge is 0.281 e. The van der Waals surface area contributed by atoms with E-state index >= 15 is 0 Å². The lowest BCUT2D eigenvalue weighted by Gasteiger charge is -2.26. The molecule has 0 spiro atoms. The van der Waals surface area contributed by atoms with Gasteiger partial charge >= 0.3 is 0 Å². The number of carbonyl (C=O) groups excluding carboxylic acids is 2. The number of nitrogens with zero attached hydrogens (tertiary/aromatic N) is 2. The SMILES string of the molecule is CCSC(=O)N1CCc2c(sc(NC(=O)C=Cc3ccccc3)c2C#N)C1. The minimum absolute atomic E-state index is 0.0615. The van der Waals surface area contributed by atoms with Gasteiger partial charge in [-0.3, -0.25) is 9.59 Å². The van der Waals surface area contributed by atoms with E-state index in [0.29, 0.717) is 30.1 Å². The Kier molecular flexibility index (Phi) is 6.32. The molecule has 27 heavy (non-hydrogen) atoms. The highest BCUT2D eigenvalue weighted by Crippen LogP contribution is 2.37. The van der Waals surface area contributed by atoms with E-state index in [4.69, 9.17) is 0 Å². The Morgan fingerprint density at radius 1 is 1.37 bits per heavy atom. The van der Waals surface area contributed by atoms with Crippen LogP contribution in [-0.4, -0.2) is 28.3 Å². The Morgan fingerprint density at radius 2 is 2.15 bits per heavy atom. The van der Waals surface area contributed by atoms with Crippen molar-refractivity contribution in [1.82, 2.24) is 4.90 Å². The average Bonchev–Trinajstić information content (AvgIpc) is 3.03. The fraction of sp³-hybridized carbons (Fsp3) is 0.250. The third-order valence-electron chi connectivity index (χ3n) is 4.16. The Bertz CT molecular complexity index is 913. The zero-order valence-corrected chi connectivity index (χ0v) is 16.5. The van der Waals surface area contributed by atoms with Crippen LogP contribution in [0.2, 0.25) is 0 Å². The van der Waals surface area contributed by atoms with Gasteiger partial charge in [-0.15, -0.1) is 11.3 Å². The molecule has 0 saturated heterocycles. The molecule has 0 bridgehead atoms. The van der Waals surface area contributed by atoms with Crippen LogP contribution in [0.25, 0.3) is 6.08 Å². The van der Waals surface area contributed by atoms with Crippen molar-refractivity contribution in [3.63, 3.8) is 0 Å². The third kappa shape index (κ3) is 4.59. The summed E-state index contributed by atoms with van der Waals surface area (Å²) < 4.78 is 0. The number of rotatable bonds is 4. The lowest BCUT2D eigenvalue weighted by molar-refractivity contribution is -0.111. The first kappa shape index (κ1) is 19.2. The molecule has 0 atom stereocenters. The van der Waals surface area contributed by atoms with Gasteiger partial charge in [-0.05, 0) is 29.4 Å². The molecule has 2 amide bonds. The maximum atomic E-state index is 12.3. The van der Waals surface area contributed by atoms with Crippen molar-refractivity contribution in [2.75, 3.05) is 17.6 Å². The number of fused-ring (bicyclic) bond motifs is 1. The summed E-state index contributed by atoms with van der Waals surface area (Å²) in [5.74, 6) is 0.467. The first-order valence-electron chi connectivity index (χ1n) is 8.62. The number of thiophene rings is 1. The highest BCUT2D eigenvalue weighted by Gasteiger charge is 2.27. The van der Waals surface area contributed by atoms with Gasteiger partial charge in [0.15, 0.2) is 0 Å². The van der Waals surface area contributed by atoms with Crippen LogP contribution in [0.15, 0.2) is 36.4 Å². The molecule has 0 saturated carbocycles. The summed E-state index contributed by atoms with van der Waals surface area (Å²) >= 11 is 2.68. The van der Waals surface area contributed by atoms with Crippen LogP contribution in [-0.2, 0) is 17.8 Å². The van der Waals surface area contributed by atoms with Crippen LogP contribution < -0.4 is 5.32 Å². The summed E-state index contributed by atoms with van der Waals surface area (Å²) in [6.45, 7) is 3.05. The zero-order valence-electron chi connectivity index (χ0n) is 14.9. The van der Waals surface area contributed by atoms with Crippen molar-refractivity contribution >= 4 is 45.3 Å². The van der Waals surface area contributed by atoms with Gasteiger partial charge in [0, 0.05) is 17.5 Å². The van der Waals surface area contributed by atoms with Gasteiger partial charge in [-0.1, -0.05) is 49.0 Å². The molecule has 0 radical (unpaired) electrons. The van der Waals surface area contributed by atoms with E-state index in [1.807, 2.05) is 37.3 Å². The van der Waals surface area contributed by atoms with E-state index in [0.717, 1.165) is 21.8 Å². The summed E-state index contributed by atoms with van der Waals surface area (Å²) in [5.41, 5.74) is 2.41. The maximum absolute atomic E-state index is 12.3. The van der Waals surface area contributed by atoms with E-state index in [1.165, 1.54) is 29.2 Å². The number of carbonyl (C=O) groups is 2. The van der Waals surface area contributed by atoms with Gasteiger partial charge in [-0.2, -0.15) is 5.26 Å². The fourth-order valence-corrected chi connectivity index (χ4v) is 4.67. The van der Waals surface area contributed by atoms with Crippen LogP contribution >= 0.6 is 23.1 Å². The molecule has 3 rings (SSSR count). The number of amides is 2. The number of hydrogen-bond donors (Lipinski definition) is 1. The molecule has 1 aliphatic heterocycles. The number of thioether (sulfide) groups is 1. The van der Waals surface area contributed by atoms with Crippen molar-refractivity contribution < 1.29 is 9.59 Å². The molecule has 138 valence electrons. The molecule has 1 aromatic carbocycles. The number of hydrogen-bond acceptors (Lipinski definition) is 5. The number of benzene rings is 1. The van der Waals surface area contributed by atoms with Crippen LogP contribution in [0.1, 0.15) is 28.5 Å². The first-order chi connectivity index (χ1) is 13.1. The quantitative estimate of drug-likeness (QED) is 0.771. The van der Waals surface area contributed by atoms with Gasteiger partial charge in [-0.25, -0.2) is 0 Å². The summed E-state index contributed by atoms with van der Waals surface area (Å²) in [6.07, 6.45) is 3.83. The minimum atomic E-state index is -0.275. The molecule has 1 N–H and O–H groups in total. The molecule has 0 fully saturated rings. The van der Waals surface area contributed by atoms with Crippen molar-refractivity contribution in [1.29, 1.82) is 5.26 Å². The Morgan fingerprint density at radius 3 is 2.85 bits per heavy atom. The molecule has 0 unspecified atom stereocenters. The molecule has 2 heterocycles. The first-order valence-corrected chi connectivity index (χ1v) is 10.4. The maximum Gasteiger partial charge on any atom is 0.281 e. The van der Waals surface area contributed by atoms with E-state index < -0.39 is 0 Å². The average molecular weight is 398 g/mol. The molecule has 0 aliphatic carbocycles. The van der Waals surface area contributed by atoms with Crippen molar-refractivity contribution in [3.8, 4) is 6.07 Å². The lowest BCUT2D eigenvalue weighted by atomic mass is 10.0. The second kappa shape index (κ2) is 8.89. The lowest BCUT2D eigenvalue weighted by Crippen LogP contribution is -2.32. The molecule has 5 nitrogen and oxygen atoms in total. The topological polar surface area (TPSA) is 73.2 Å². The molecular formula is C20H19N3O2S2. The van der Waals surface area contributed by atoms with Crippen molar-refractivity contribution in [3.05, 3.63) is 58.0 Å². The molecule has 7 heteroatoms. The van der Waals surface area contributed by atoms with Gasteiger partial charge < -0.3 is 10.2 Å². The normalized spacial score (nSPS) is 13.3. The second-order valence-electron chi connectivity index (χ2n) is 5.92. The van der Waals surface area contributed by atoms with E-state index in [2.05, 4.69) is 11.4 Å². The Balaban J connectivity index is 1.74. The van der Waals surface area contributed by atoms with Crippen LogP contribution in [0.4, 0.5) is 9.80 Å². The minimum Gasteiger partial charge on any atom is -0.328 e. The van der Waals surface area contributed by atoms with Crippen molar-refractivity contribution in [2.24, 2.45) is 0 Å². The predicted octanol–water partition coefficient (Wildman–Crippen LogP) is 4.50. The van der Waals surface area contributed by atoms with Crippen LogP contribution in [0.5, 0.6) is 0 Å².